The van der Waals surface area contributed by atoms with Crippen LogP contribution in [0.2, 0.25) is 0 Å². The minimum atomic E-state index is -0.556. The minimum absolute atomic E-state index is 0.0307. The maximum Gasteiger partial charge on any atom is 0.315 e. The van der Waals surface area contributed by atoms with Gasteiger partial charge in [0.1, 0.15) is 5.76 Å². The highest BCUT2D eigenvalue weighted by Gasteiger charge is 2.17. The zero-order valence-electron chi connectivity index (χ0n) is 11.8. The lowest BCUT2D eigenvalue weighted by Crippen LogP contribution is -2.25. The molecule has 10 nitrogen and oxygen atoms in total. The van der Waals surface area contributed by atoms with Gasteiger partial charge in [-0.2, -0.15) is 4.98 Å². The molecule has 3 N–H and O–H groups in total. The lowest BCUT2D eigenvalue weighted by atomic mass is 10.3. The van der Waals surface area contributed by atoms with Crippen LogP contribution in [0.3, 0.4) is 0 Å². The second-order valence-corrected chi connectivity index (χ2v) is 4.40. The molecule has 0 aliphatic carbocycles. The van der Waals surface area contributed by atoms with E-state index in [2.05, 4.69) is 25.9 Å². The number of amides is 2. The molecule has 0 aromatic carbocycles. The zero-order chi connectivity index (χ0) is 15.9. The highest BCUT2D eigenvalue weighted by atomic mass is 16.5. The molecule has 0 aliphatic heterocycles. The molecule has 10 heteroatoms. The van der Waals surface area contributed by atoms with Gasteiger partial charge in [-0.05, 0) is 13.3 Å². The highest BCUT2D eigenvalue weighted by molar-refractivity contribution is 5.91. The van der Waals surface area contributed by atoms with Gasteiger partial charge in [-0.25, -0.2) is 0 Å². The average Bonchev–Trinajstić information content (AvgIpc) is 3.08. The quantitative estimate of drug-likeness (QED) is 0.589. The number of carbonyl (C=O) groups excluding carboxylic acids is 2. The van der Waals surface area contributed by atoms with Crippen LogP contribution in [-0.4, -0.2) is 45.4 Å². The molecule has 0 saturated carbocycles. The Morgan fingerprint density at radius 3 is 2.82 bits per heavy atom. The van der Waals surface area contributed by atoms with Gasteiger partial charge in [0.15, 0.2) is 11.6 Å². The van der Waals surface area contributed by atoms with Gasteiger partial charge in [0.25, 0.3) is 0 Å². The van der Waals surface area contributed by atoms with Gasteiger partial charge in [-0.15, -0.1) is 0 Å². The van der Waals surface area contributed by atoms with Crippen molar-refractivity contribution in [1.29, 1.82) is 0 Å². The van der Waals surface area contributed by atoms with E-state index in [1.54, 1.807) is 13.0 Å². The van der Waals surface area contributed by atoms with Crippen molar-refractivity contribution in [3.8, 4) is 0 Å². The molecule has 0 aliphatic rings. The van der Waals surface area contributed by atoms with Gasteiger partial charge in [0, 0.05) is 19.2 Å². The Kier molecular flexibility index (Phi) is 5.20. The third-order valence-electron chi connectivity index (χ3n) is 2.50. The van der Waals surface area contributed by atoms with Crippen molar-refractivity contribution in [2.24, 2.45) is 0 Å². The molecule has 0 radical (unpaired) electrons. The molecule has 2 aromatic heterocycles. The number of aliphatic hydroxyl groups excluding tert-OH is 1. The summed E-state index contributed by atoms with van der Waals surface area (Å²) in [6, 6.07) is 1.56. The van der Waals surface area contributed by atoms with E-state index in [1.807, 2.05) is 0 Å². The van der Waals surface area contributed by atoms with Gasteiger partial charge >= 0.3 is 11.8 Å². The Morgan fingerprint density at radius 1 is 1.32 bits per heavy atom. The molecular formula is C12H15N5O5. The fraction of sp³-hybridized carbons (Fsp3) is 0.417. The molecule has 0 saturated heterocycles. The van der Waals surface area contributed by atoms with Crippen LogP contribution >= 0.6 is 0 Å². The monoisotopic (exact) mass is 309 g/mol. The molecule has 2 aromatic rings. The maximum absolute atomic E-state index is 11.7. The number of carbonyl (C=O) groups is 2. The van der Waals surface area contributed by atoms with E-state index >= 15 is 0 Å². The smallest absolute Gasteiger partial charge is 0.315 e. The molecule has 118 valence electrons. The van der Waals surface area contributed by atoms with Crippen LogP contribution in [0.5, 0.6) is 0 Å². The first-order valence-corrected chi connectivity index (χ1v) is 6.53. The summed E-state index contributed by atoms with van der Waals surface area (Å²) < 4.78 is 9.58. The summed E-state index contributed by atoms with van der Waals surface area (Å²) >= 11 is 0. The Morgan fingerprint density at radius 2 is 2.14 bits per heavy atom. The van der Waals surface area contributed by atoms with Crippen molar-refractivity contribution in [1.82, 2.24) is 20.6 Å². The maximum atomic E-state index is 11.7. The van der Waals surface area contributed by atoms with E-state index in [0.29, 0.717) is 18.7 Å². The first kappa shape index (κ1) is 15.6. The lowest BCUT2D eigenvalue weighted by Gasteiger charge is -1.98. The predicted molar refractivity (Wildman–Crippen MR) is 71.9 cm³/mol. The summed E-state index contributed by atoms with van der Waals surface area (Å²) in [6.07, 6.45) is 0.256. The molecule has 0 spiro atoms. The fourth-order valence-corrected chi connectivity index (χ4v) is 1.53. The van der Waals surface area contributed by atoms with Crippen molar-refractivity contribution in [3.63, 3.8) is 0 Å². The van der Waals surface area contributed by atoms with Crippen LogP contribution in [0.25, 0.3) is 0 Å². The molecule has 2 amide bonds. The third-order valence-corrected chi connectivity index (χ3v) is 2.50. The largest absolute Gasteiger partial charge is 0.396 e. The van der Waals surface area contributed by atoms with Gasteiger partial charge in [0.2, 0.25) is 5.91 Å². The molecule has 22 heavy (non-hydrogen) atoms. The number of nitrogens with one attached hydrogen (secondary N) is 2. The Bertz CT molecular complexity index is 650. The highest BCUT2D eigenvalue weighted by Crippen LogP contribution is 2.07. The first-order valence-electron chi connectivity index (χ1n) is 6.53. The number of hydrogen-bond donors (Lipinski definition) is 3. The number of rotatable bonds is 7. The topological polar surface area (TPSA) is 143 Å². The lowest BCUT2D eigenvalue weighted by molar-refractivity contribution is -0.115. The van der Waals surface area contributed by atoms with Gasteiger partial charge < -0.3 is 24.8 Å². The number of aryl methyl sites for hydroxylation is 1. The van der Waals surface area contributed by atoms with E-state index in [1.165, 1.54) is 0 Å². The van der Waals surface area contributed by atoms with Gasteiger partial charge in [0.05, 0.1) is 6.42 Å². The predicted octanol–water partition coefficient (Wildman–Crippen LogP) is -0.341. The van der Waals surface area contributed by atoms with Crippen molar-refractivity contribution in [2.45, 2.75) is 19.8 Å². The Labute approximate surface area is 124 Å². The summed E-state index contributed by atoms with van der Waals surface area (Å²) in [4.78, 5) is 27.2. The van der Waals surface area contributed by atoms with Crippen LogP contribution in [0.1, 0.15) is 28.7 Å². The normalized spacial score (nSPS) is 10.5. The summed E-state index contributed by atoms with van der Waals surface area (Å²) in [5.74, 6) is -0.284. The van der Waals surface area contributed by atoms with E-state index in [-0.39, 0.29) is 30.6 Å². The minimum Gasteiger partial charge on any atom is -0.396 e. The van der Waals surface area contributed by atoms with Crippen LogP contribution < -0.4 is 10.6 Å². The second-order valence-electron chi connectivity index (χ2n) is 4.40. The summed E-state index contributed by atoms with van der Waals surface area (Å²) in [7, 11) is 0. The fourth-order valence-electron chi connectivity index (χ4n) is 1.53. The first-order chi connectivity index (χ1) is 10.6. The number of aromatic nitrogens is 3. The summed E-state index contributed by atoms with van der Waals surface area (Å²) in [6.45, 7) is 1.96. The standard InChI is InChI=1S/C12H15N5O5/c1-7-5-8(16-21-7)14-10(19)6-9-15-12(22-17-9)11(20)13-3-2-4-18/h5,18H,2-4,6H2,1H3,(H,13,20)(H,14,16,19). The SMILES string of the molecule is Cc1cc(NC(=O)Cc2noc(C(=O)NCCCO)n2)no1. The van der Waals surface area contributed by atoms with Crippen LogP contribution in [-0.2, 0) is 11.2 Å². The van der Waals surface area contributed by atoms with E-state index < -0.39 is 11.8 Å². The van der Waals surface area contributed by atoms with Crippen molar-refractivity contribution < 1.29 is 23.7 Å². The number of hydrogen-bond acceptors (Lipinski definition) is 8. The molecule has 0 fully saturated rings. The molecule has 0 bridgehead atoms. The molecule has 2 rings (SSSR count). The summed E-state index contributed by atoms with van der Waals surface area (Å²) in [5, 5.41) is 20.8. The van der Waals surface area contributed by atoms with Crippen molar-refractivity contribution in [3.05, 3.63) is 23.5 Å². The number of nitrogens with zero attached hydrogens (tertiary/aromatic N) is 3. The van der Waals surface area contributed by atoms with Gasteiger partial charge in [-0.3, -0.25) is 9.59 Å². The molecule has 0 unspecified atom stereocenters. The van der Waals surface area contributed by atoms with Crippen LogP contribution in [0.4, 0.5) is 5.82 Å². The molecular weight excluding hydrogens is 294 g/mol. The number of aliphatic hydroxyl groups is 1. The van der Waals surface area contributed by atoms with E-state index in [0.717, 1.165) is 0 Å². The summed E-state index contributed by atoms with van der Waals surface area (Å²) in [5.41, 5.74) is 0. The van der Waals surface area contributed by atoms with E-state index in [9.17, 15) is 9.59 Å². The third kappa shape index (κ3) is 4.38. The average molecular weight is 309 g/mol. The van der Waals surface area contributed by atoms with Gasteiger partial charge in [-0.1, -0.05) is 10.3 Å². The molecule has 0 atom stereocenters. The van der Waals surface area contributed by atoms with Crippen LogP contribution in [0.15, 0.2) is 15.1 Å². The Balaban J connectivity index is 1.85. The second kappa shape index (κ2) is 7.31. The molecule has 2 heterocycles. The van der Waals surface area contributed by atoms with E-state index in [4.69, 9.17) is 14.2 Å². The Hall–Kier alpha value is -2.75. The zero-order valence-corrected chi connectivity index (χ0v) is 11.8. The van der Waals surface area contributed by atoms with Crippen LogP contribution in [0, 0.1) is 6.92 Å². The number of anilines is 1. The van der Waals surface area contributed by atoms with Crippen molar-refractivity contribution in [2.75, 3.05) is 18.5 Å². The van der Waals surface area contributed by atoms with Crippen molar-refractivity contribution >= 4 is 17.6 Å².